The highest BCUT2D eigenvalue weighted by atomic mass is 16.5. The van der Waals surface area contributed by atoms with Gasteiger partial charge in [0.1, 0.15) is 18.1 Å². The largest absolute Gasteiger partial charge is 0.491 e. The third-order valence-corrected chi connectivity index (χ3v) is 8.18. The fourth-order valence-electron chi connectivity index (χ4n) is 5.99. The number of nitrogens with one attached hydrogen (secondary N) is 1. The molecule has 1 aromatic heterocycles. The van der Waals surface area contributed by atoms with Gasteiger partial charge >= 0.3 is 0 Å². The van der Waals surface area contributed by atoms with Crippen LogP contribution in [0.25, 0.3) is 11.0 Å². The first kappa shape index (κ1) is 26.3. The molecule has 3 heterocycles. The zero-order valence-electron chi connectivity index (χ0n) is 22.6. The van der Waals surface area contributed by atoms with Crippen LogP contribution in [0.3, 0.4) is 0 Å². The maximum atomic E-state index is 13.8. The van der Waals surface area contributed by atoms with E-state index < -0.39 is 5.41 Å². The number of piperidine rings is 1. The van der Waals surface area contributed by atoms with Crippen LogP contribution in [0.5, 0.6) is 5.75 Å². The van der Waals surface area contributed by atoms with Crippen molar-refractivity contribution in [3.8, 4) is 5.75 Å². The van der Waals surface area contributed by atoms with Crippen molar-refractivity contribution in [2.45, 2.75) is 71.3 Å². The first-order valence-electron chi connectivity index (χ1n) is 14.1. The van der Waals surface area contributed by atoms with Gasteiger partial charge in [0, 0.05) is 18.5 Å². The predicted molar refractivity (Wildman–Crippen MR) is 147 cm³/mol. The third kappa shape index (κ3) is 5.87. The van der Waals surface area contributed by atoms with E-state index in [0.29, 0.717) is 49.7 Å². The average molecular weight is 518 g/mol. The van der Waals surface area contributed by atoms with Crippen LogP contribution in [0.1, 0.15) is 63.6 Å². The molecule has 38 heavy (non-hydrogen) atoms. The molecule has 0 radical (unpaired) electrons. The van der Waals surface area contributed by atoms with Crippen LogP contribution >= 0.6 is 0 Å². The molecular weight excluding hydrogens is 478 g/mol. The molecule has 7 nitrogen and oxygen atoms in total. The number of hydrogen-bond donors (Lipinski definition) is 1. The minimum absolute atomic E-state index is 0.0372. The van der Waals surface area contributed by atoms with Crippen molar-refractivity contribution >= 4 is 22.8 Å². The van der Waals surface area contributed by atoms with Gasteiger partial charge < -0.3 is 19.5 Å². The molecule has 2 amide bonds. The highest BCUT2D eigenvalue weighted by Crippen LogP contribution is 2.38. The summed E-state index contributed by atoms with van der Waals surface area (Å²) in [5.74, 6) is 1.53. The Morgan fingerprint density at radius 3 is 2.66 bits per heavy atom. The Balaban J connectivity index is 1.28. The number of rotatable bonds is 4. The van der Waals surface area contributed by atoms with Gasteiger partial charge in [-0.15, -0.1) is 0 Å². The summed E-state index contributed by atoms with van der Waals surface area (Å²) >= 11 is 0. The van der Waals surface area contributed by atoms with Crippen LogP contribution in [0, 0.1) is 11.3 Å². The molecule has 1 fully saturated rings. The van der Waals surface area contributed by atoms with Gasteiger partial charge in [-0.05, 0) is 68.2 Å². The third-order valence-electron chi connectivity index (χ3n) is 8.18. The summed E-state index contributed by atoms with van der Waals surface area (Å²) in [5, 5.41) is 8.38. The fourth-order valence-corrected chi connectivity index (χ4v) is 5.99. The van der Waals surface area contributed by atoms with E-state index in [1.807, 2.05) is 41.3 Å². The summed E-state index contributed by atoms with van der Waals surface area (Å²) < 4.78 is 11.6. The van der Waals surface area contributed by atoms with E-state index in [1.165, 1.54) is 5.56 Å². The molecule has 5 rings (SSSR count). The SMILES string of the molecule is CC(C)C[C@H]1COc2ccccc2CCCCC2(CCN(C(=O)Cc3noc4ccccc34)CC2)C(=O)N1. The number of carbonyl (C=O) groups excluding carboxylic acids is 2. The van der Waals surface area contributed by atoms with Gasteiger partial charge in [-0.1, -0.05) is 55.8 Å². The molecule has 1 N–H and O–H groups in total. The number of ether oxygens (including phenoxy) is 1. The number of nitrogens with zero attached hydrogens (tertiary/aromatic N) is 2. The molecule has 0 unspecified atom stereocenters. The smallest absolute Gasteiger partial charge is 0.228 e. The second-order valence-corrected chi connectivity index (χ2v) is 11.4. The maximum absolute atomic E-state index is 13.8. The lowest BCUT2D eigenvalue weighted by Gasteiger charge is -2.42. The van der Waals surface area contributed by atoms with Crippen LogP contribution < -0.4 is 10.1 Å². The Morgan fingerprint density at radius 1 is 1.08 bits per heavy atom. The Hall–Kier alpha value is -3.35. The molecule has 0 saturated carbocycles. The minimum Gasteiger partial charge on any atom is -0.491 e. The number of fused-ring (bicyclic) bond motifs is 2. The van der Waals surface area contributed by atoms with Gasteiger partial charge in [-0.25, -0.2) is 0 Å². The summed E-state index contributed by atoms with van der Waals surface area (Å²) in [5.41, 5.74) is 2.15. The van der Waals surface area contributed by atoms with Gasteiger partial charge in [-0.3, -0.25) is 9.59 Å². The molecule has 3 aromatic rings. The van der Waals surface area contributed by atoms with Crippen molar-refractivity contribution in [3.63, 3.8) is 0 Å². The van der Waals surface area contributed by atoms with Crippen molar-refractivity contribution in [3.05, 3.63) is 59.8 Å². The van der Waals surface area contributed by atoms with Crippen molar-refractivity contribution in [2.24, 2.45) is 11.3 Å². The second-order valence-electron chi connectivity index (χ2n) is 11.4. The summed E-state index contributed by atoms with van der Waals surface area (Å²) in [7, 11) is 0. The van der Waals surface area contributed by atoms with Crippen LogP contribution in [0.15, 0.2) is 53.1 Å². The molecule has 7 heteroatoms. The molecule has 0 aliphatic carbocycles. The fraction of sp³-hybridized carbons (Fsp3) is 0.516. The second kappa shape index (κ2) is 11.6. The molecule has 1 saturated heterocycles. The molecule has 202 valence electrons. The molecule has 2 aliphatic rings. The minimum atomic E-state index is -0.453. The average Bonchev–Trinajstić information content (AvgIpc) is 3.32. The van der Waals surface area contributed by atoms with E-state index in [-0.39, 0.29) is 24.3 Å². The molecule has 2 aliphatic heterocycles. The number of carbonyl (C=O) groups is 2. The number of benzene rings is 2. The Bertz CT molecular complexity index is 1260. The first-order valence-corrected chi connectivity index (χ1v) is 14.1. The van der Waals surface area contributed by atoms with Crippen LogP contribution in [-0.2, 0) is 22.4 Å². The molecular formula is C31H39N3O4. The van der Waals surface area contributed by atoms with Gasteiger partial charge in [0.05, 0.1) is 17.9 Å². The lowest BCUT2D eigenvalue weighted by molar-refractivity contribution is -0.141. The first-order chi connectivity index (χ1) is 18.4. The van der Waals surface area contributed by atoms with E-state index in [9.17, 15) is 9.59 Å². The van der Waals surface area contributed by atoms with Crippen molar-refractivity contribution in [2.75, 3.05) is 19.7 Å². The number of para-hydroxylation sites is 2. The monoisotopic (exact) mass is 517 g/mol. The number of likely N-dealkylation sites (tertiary alicyclic amines) is 1. The number of hydrogen-bond acceptors (Lipinski definition) is 5. The number of aryl methyl sites for hydroxylation is 1. The normalized spacial score (nSPS) is 20.3. The van der Waals surface area contributed by atoms with E-state index in [4.69, 9.17) is 9.26 Å². The topological polar surface area (TPSA) is 84.7 Å². The molecule has 1 atom stereocenters. The Morgan fingerprint density at radius 2 is 1.84 bits per heavy atom. The van der Waals surface area contributed by atoms with E-state index in [2.05, 4.69) is 36.5 Å². The highest BCUT2D eigenvalue weighted by Gasteiger charge is 2.42. The zero-order chi connectivity index (χ0) is 26.5. The lowest BCUT2D eigenvalue weighted by Crippen LogP contribution is -2.53. The quantitative estimate of drug-likeness (QED) is 0.507. The number of aromatic nitrogens is 1. The standard InChI is InChI=1S/C31H39N3O4/c1-22(2)19-24-21-37-27-12-5-3-9-23(27)10-7-8-14-31(30(36)32-24)15-17-34(18-16-31)29(35)20-26-25-11-4-6-13-28(25)38-33-26/h3-6,9,11-13,22,24H,7-8,10,14-21H2,1-2H3,(H,32,36)/t24-/m0/s1. The van der Waals surface area contributed by atoms with Crippen molar-refractivity contribution in [1.29, 1.82) is 0 Å². The van der Waals surface area contributed by atoms with E-state index >= 15 is 0 Å². The summed E-state index contributed by atoms with van der Waals surface area (Å²) in [6.45, 7) is 5.97. The number of amides is 2. The molecule has 0 bridgehead atoms. The lowest BCUT2D eigenvalue weighted by atomic mass is 9.73. The van der Waals surface area contributed by atoms with Crippen LogP contribution in [-0.4, -0.2) is 47.6 Å². The zero-order valence-corrected chi connectivity index (χ0v) is 22.6. The Labute approximate surface area is 224 Å². The summed E-state index contributed by atoms with van der Waals surface area (Å²) in [6.07, 6.45) is 6.18. The van der Waals surface area contributed by atoms with Gasteiger partial charge in [0.2, 0.25) is 11.8 Å². The van der Waals surface area contributed by atoms with Gasteiger partial charge in [0.25, 0.3) is 0 Å². The summed E-state index contributed by atoms with van der Waals surface area (Å²) in [6, 6.07) is 15.8. The van der Waals surface area contributed by atoms with Crippen molar-refractivity contribution in [1.82, 2.24) is 15.4 Å². The predicted octanol–water partition coefficient (Wildman–Crippen LogP) is 5.32. The Kier molecular flexibility index (Phi) is 8.01. The molecule has 1 spiro atoms. The maximum Gasteiger partial charge on any atom is 0.228 e. The van der Waals surface area contributed by atoms with Gasteiger partial charge in [0.15, 0.2) is 5.58 Å². The van der Waals surface area contributed by atoms with Crippen LogP contribution in [0.4, 0.5) is 0 Å². The molecule has 2 aromatic carbocycles. The van der Waals surface area contributed by atoms with E-state index in [0.717, 1.165) is 43.2 Å². The summed E-state index contributed by atoms with van der Waals surface area (Å²) in [4.78, 5) is 28.9. The highest BCUT2D eigenvalue weighted by molar-refractivity contribution is 5.87. The van der Waals surface area contributed by atoms with E-state index in [1.54, 1.807) is 0 Å². The van der Waals surface area contributed by atoms with Gasteiger partial charge in [-0.2, -0.15) is 0 Å². The van der Waals surface area contributed by atoms with Crippen LogP contribution in [0.2, 0.25) is 0 Å². The van der Waals surface area contributed by atoms with Crippen molar-refractivity contribution < 1.29 is 18.8 Å².